The molecule has 0 saturated carbocycles. The van der Waals surface area contributed by atoms with Crippen molar-refractivity contribution in [1.82, 2.24) is 4.90 Å². The lowest BCUT2D eigenvalue weighted by molar-refractivity contribution is -0.140. The lowest BCUT2D eigenvalue weighted by atomic mass is 9.99. The number of rotatable bonds is 10. The zero-order valence-corrected chi connectivity index (χ0v) is 14.7. The minimum Gasteiger partial charge on any atom is -0.481 e. The highest BCUT2D eigenvalue weighted by Crippen LogP contribution is 2.18. The molecule has 0 aliphatic carbocycles. The van der Waals surface area contributed by atoms with Crippen LogP contribution in [0.3, 0.4) is 0 Å². The maximum Gasteiger partial charge on any atom is 0.305 e. The van der Waals surface area contributed by atoms with Crippen LogP contribution < -0.4 is 0 Å². The van der Waals surface area contributed by atoms with Gasteiger partial charge in [-0.2, -0.15) is 0 Å². The molecule has 0 spiro atoms. The van der Waals surface area contributed by atoms with Crippen molar-refractivity contribution in [3.63, 3.8) is 0 Å². The lowest BCUT2D eigenvalue weighted by Gasteiger charge is -2.26. The number of aliphatic carboxylic acids is 1. The van der Waals surface area contributed by atoms with E-state index in [1.807, 2.05) is 24.3 Å². The Hall–Kier alpha value is -1.88. The van der Waals surface area contributed by atoms with Crippen LogP contribution in [0.5, 0.6) is 0 Å². The van der Waals surface area contributed by atoms with E-state index in [0.717, 1.165) is 10.0 Å². The van der Waals surface area contributed by atoms with Gasteiger partial charge in [0.05, 0.1) is 6.42 Å². The Bertz CT molecular complexity index is 561. The van der Waals surface area contributed by atoms with Crippen molar-refractivity contribution in [3.8, 4) is 0 Å². The minimum atomic E-state index is -0.916. The molecule has 0 aliphatic heterocycles. The molecule has 4 nitrogen and oxygen atoms in total. The quantitative estimate of drug-likeness (QED) is 0.624. The number of nitrogens with zero attached hydrogens (tertiary/aromatic N) is 1. The van der Waals surface area contributed by atoms with Crippen LogP contribution in [0.1, 0.15) is 24.8 Å². The van der Waals surface area contributed by atoms with Gasteiger partial charge >= 0.3 is 5.97 Å². The van der Waals surface area contributed by atoms with E-state index in [1.54, 1.807) is 17.1 Å². The highest BCUT2D eigenvalue weighted by molar-refractivity contribution is 9.10. The summed E-state index contributed by atoms with van der Waals surface area (Å²) in [4.78, 5) is 25.2. The van der Waals surface area contributed by atoms with Gasteiger partial charge in [-0.15, -0.1) is 13.2 Å². The van der Waals surface area contributed by atoms with Crippen LogP contribution in [0, 0.1) is 5.92 Å². The predicted molar refractivity (Wildman–Crippen MR) is 94.9 cm³/mol. The Morgan fingerprint density at radius 2 is 1.91 bits per heavy atom. The molecule has 0 aromatic heterocycles. The highest BCUT2D eigenvalue weighted by atomic mass is 79.9. The fraction of sp³-hybridized carbons (Fsp3) is 0.333. The molecule has 1 aromatic rings. The van der Waals surface area contributed by atoms with Crippen molar-refractivity contribution in [2.75, 3.05) is 6.54 Å². The second-order valence-corrected chi connectivity index (χ2v) is 6.19. The zero-order valence-electron chi connectivity index (χ0n) is 13.1. The minimum absolute atomic E-state index is 0.0639. The van der Waals surface area contributed by atoms with E-state index >= 15 is 0 Å². The van der Waals surface area contributed by atoms with E-state index in [4.69, 9.17) is 5.11 Å². The maximum atomic E-state index is 12.8. The van der Waals surface area contributed by atoms with E-state index in [-0.39, 0.29) is 24.8 Å². The number of allylic oxidation sites excluding steroid dienone is 2. The molecule has 0 saturated heterocycles. The summed E-state index contributed by atoms with van der Waals surface area (Å²) in [6.45, 7) is 7.95. The summed E-state index contributed by atoms with van der Waals surface area (Å²) in [6, 6.07) is 7.65. The van der Waals surface area contributed by atoms with Gasteiger partial charge in [-0.1, -0.05) is 40.2 Å². The first-order valence-corrected chi connectivity index (χ1v) is 8.24. The number of carbonyl (C=O) groups is 2. The SMILES string of the molecule is C=CCC(CC=C)C(=O)N(CCC(=O)O)Cc1cccc(Br)c1. The van der Waals surface area contributed by atoms with Crippen molar-refractivity contribution < 1.29 is 14.7 Å². The van der Waals surface area contributed by atoms with E-state index in [2.05, 4.69) is 29.1 Å². The molecular weight excluding hydrogens is 358 g/mol. The van der Waals surface area contributed by atoms with Gasteiger partial charge in [-0.3, -0.25) is 9.59 Å². The molecule has 1 aromatic carbocycles. The Morgan fingerprint density at radius 1 is 1.26 bits per heavy atom. The van der Waals surface area contributed by atoms with E-state index in [0.29, 0.717) is 19.4 Å². The summed E-state index contributed by atoms with van der Waals surface area (Å²) in [7, 11) is 0. The van der Waals surface area contributed by atoms with Crippen LogP contribution in [0.4, 0.5) is 0 Å². The predicted octanol–water partition coefficient (Wildman–Crippen LogP) is 4.02. The number of hydrogen-bond acceptors (Lipinski definition) is 2. The monoisotopic (exact) mass is 379 g/mol. The third-order valence-electron chi connectivity index (χ3n) is 3.42. The van der Waals surface area contributed by atoms with Gasteiger partial charge in [-0.05, 0) is 30.5 Å². The van der Waals surface area contributed by atoms with Gasteiger partial charge < -0.3 is 10.0 Å². The number of carboxylic acid groups (broad SMARTS) is 1. The van der Waals surface area contributed by atoms with Crippen molar-refractivity contribution >= 4 is 27.8 Å². The summed E-state index contributed by atoms with van der Waals surface area (Å²) in [5.74, 6) is -1.22. The molecule has 1 rings (SSSR count). The Balaban J connectivity index is 2.92. The summed E-state index contributed by atoms with van der Waals surface area (Å²) < 4.78 is 0.925. The normalized spacial score (nSPS) is 10.3. The van der Waals surface area contributed by atoms with Gasteiger partial charge in [0.1, 0.15) is 0 Å². The van der Waals surface area contributed by atoms with Crippen molar-refractivity contribution in [3.05, 3.63) is 59.6 Å². The molecule has 5 heteroatoms. The highest BCUT2D eigenvalue weighted by Gasteiger charge is 2.23. The molecule has 0 unspecified atom stereocenters. The van der Waals surface area contributed by atoms with Gasteiger partial charge in [-0.25, -0.2) is 0 Å². The third-order valence-corrected chi connectivity index (χ3v) is 3.91. The topological polar surface area (TPSA) is 57.6 Å². The first-order valence-electron chi connectivity index (χ1n) is 7.44. The van der Waals surface area contributed by atoms with Crippen LogP contribution in [0.2, 0.25) is 0 Å². The Morgan fingerprint density at radius 3 is 2.43 bits per heavy atom. The summed E-state index contributed by atoms with van der Waals surface area (Å²) in [5.41, 5.74) is 0.953. The number of halogens is 1. The number of carboxylic acids is 1. The molecule has 0 fully saturated rings. The van der Waals surface area contributed by atoms with Crippen molar-refractivity contribution in [2.45, 2.75) is 25.8 Å². The molecule has 0 heterocycles. The molecule has 1 amide bonds. The second kappa shape index (κ2) is 10.0. The molecule has 0 radical (unpaired) electrons. The molecule has 0 bridgehead atoms. The summed E-state index contributed by atoms with van der Waals surface area (Å²) in [5, 5.41) is 8.92. The van der Waals surface area contributed by atoms with E-state index < -0.39 is 5.97 Å². The molecule has 0 aliphatic rings. The Labute approximate surface area is 145 Å². The van der Waals surface area contributed by atoms with Gasteiger partial charge in [0.25, 0.3) is 0 Å². The second-order valence-electron chi connectivity index (χ2n) is 5.28. The van der Waals surface area contributed by atoms with E-state index in [9.17, 15) is 9.59 Å². The molecule has 1 N–H and O–H groups in total. The summed E-state index contributed by atoms with van der Waals surface area (Å²) >= 11 is 3.41. The Kier molecular flexibility index (Phi) is 8.33. The fourth-order valence-corrected chi connectivity index (χ4v) is 2.76. The first-order chi connectivity index (χ1) is 11.0. The maximum absolute atomic E-state index is 12.8. The molecule has 124 valence electrons. The number of amides is 1. The number of carbonyl (C=O) groups excluding carboxylic acids is 1. The number of hydrogen-bond donors (Lipinski definition) is 1. The first kappa shape index (κ1) is 19.2. The van der Waals surface area contributed by atoms with Crippen LogP contribution >= 0.6 is 15.9 Å². The van der Waals surface area contributed by atoms with Gasteiger partial charge in [0.2, 0.25) is 5.91 Å². The largest absolute Gasteiger partial charge is 0.481 e. The third kappa shape index (κ3) is 6.82. The van der Waals surface area contributed by atoms with Crippen LogP contribution in [0.25, 0.3) is 0 Å². The number of benzene rings is 1. The fourth-order valence-electron chi connectivity index (χ4n) is 2.31. The van der Waals surface area contributed by atoms with Crippen LogP contribution in [0.15, 0.2) is 54.0 Å². The smallest absolute Gasteiger partial charge is 0.305 e. The molecular formula is C18H22BrNO3. The standard InChI is InChI=1S/C18H22BrNO3/c1-3-6-15(7-4-2)18(23)20(11-10-17(21)22)13-14-8-5-9-16(19)12-14/h3-5,8-9,12,15H,1-2,6-7,10-11,13H2,(H,21,22). The average molecular weight is 380 g/mol. The molecule has 0 atom stereocenters. The van der Waals surface area contributed by atoms with E-state index in [1.165, 1.54) is 0 Å². The summed E-state index contributed by atoms with van der Waals surface area (Å²) in [6.07, 6.45) is 4.44. The molecule has 23 heavy (non-hydrogen) atoms. The van der Waals surface area contributed by atoms with Gasteiger partial charge in [0.15, 0.2) is 0 Å². The van der Waals surface area contributed by atoms with Gasteiger partial charge in [0, 0.05) is 23.5 Å². The lowest BCUT2D eigenvalue weighted by Crippen LogP contribution is -2.37. The van der Waals surface area contributed by atoms with Crippen molar-refractivity contribution in [1.29, 1.82) is 0 Å². The van der Waals surface area contributed by atoms with Crippen molar-refractivity contribution in [2.24, 2.45) is 5.92 Å². The average Bonchev–Trinajstić information content (AvgIpc) is 2.50. The zero-order chi connectivity index (χ0) is 17.2. The van der Waals surface area contributed by atoms with Crippen LogP contribution in [-0.4, -0.2) is 28.4 Å². The van der Waals surface area contributed by atoms with Crippen LogP contribution in [-0.2, 0) is 16.1 Å².